The van der Waals surface area contributed by atoms with Gasteiger partial charge in [0.25, 0.3) is 0 Å². The summed E-state index contributed by atoms with van der Waals surface area (Å²) in [5, 5.41) is 3.54. The third-order valence-corrected chi connectivity index (χ3v) is 3.11. The van der Waals surface area contributed by atoms with Crippen LogP contribution in [0.3, 0.4) is 0 Å². The number of hydrogen-bond donors (Lipinski definition) is 1. The molecule has 0 aliphatic heterocycles. The quantitative estimate of drug-likeness (QED) is 0.782. The summed E-state index contributed by atoms with van der Waals surface area (Å²) in [5.74, 6) is 0.725. The molecule has 1 aromatic rings. The van der Waals surface area contributed by atoms with Crippen LogP contribution < -0.4 is 5.32 Å². The maximum atomic E-state index is 12.7. The average molecular weight is 207 g/mol. The number of rotatable bonds is 5. The van der Waals surface area contributed by atoms with Gasteiger partial charge in [-0.2, -0.15) is 0 Å². The minimum absolute atomic E-state index is 0.159. The first-order chi connectivity index (χ1) is 7.29. The molecule has 0 aromatic heterocycles. The molecule has 0 radical (unpaired) electrons. The van der Waals surface area contributed by atoms with Gasteiger partial charge in [0.15, 0.2) is 0 Å². The molecule has 0 bridgehead atoms. The number of nitrogens with one attached hydrogen (secondary N) is 1. The van der Waals surface area contributed by atoms with Crippen LogP contribution in [0.15, 0.2) is 24.3 Å². The Balaban J connectivity index is 1.83. The van der Waals surface area contributed by atoms with Gasteiger partial charge in [-0.3, -0.25) is 0 Å². The highest BCUT2D eigenvalue weighted by molar-refractivity contribution is 5.15. The summed E-state index contributed by atoms with van der Waals surface area (Å²) in [7, 11) is 0. The Hall–Kier alpha value is -0.890. The molecular weight excluding hydrogens is 189 g/mol. The van der Waals surface area contributed by atoms with E-state index in [2.05, 4.69) is 12.2 Å². The molecule has 1 nitrogen and oxygen atoms in total. The monoisotopic (exact) mass is 207 g/mol. The molecule has 0 saturated heterocycles. The van der Waals surface area contributed by atoms with Crippen molar-refractivity contribution in [1.82, 2.24) is 5.32 Å². The highest BCUT2D eigenvalue weighted by Crippen LogP contribution is 2.33. The van der Waals surface area contributed by atoms with Crippen molar-refractivity contribution in [3.8, 4) is 0 Å². The van der Waals surface area contributed by atoms with Gasteiger partial charge in [0.05, 0.1) is 0 Å². The lowest BCUT2D eigenvalue weighted by atomic mass is 10.1. The van der Waals surface area contributed by atoms with Crippen LogP contribution >= 0.6 is 0 Å². The Bertz CT molecular complexity index is 303. The van der Waals surface area contributed by atoms with Crippen LogP contribution in [0.1, 0.15) is 31.7 Å². The van der Waals surface area contributed by atoms with Crippen LogP contribution in [0.5, 0.6) is 0 Å². The second-order valence-corrected chi connectivity index (χ2v) is 4.36. The molecule has 15 heavy (non-hydrogen) atoms. The molecule has 1 saturated carbocycles. The molecule has 0 spiro atoms. The van der Waals surface area contributed by atoms with E-state index in [9.17, 15) is 4.39 Å². The zero-order valence-electron chi connectivity index (χ0n) is 9.17. The summed E-state index contributed by atoms with van der Waals surface area (Å²) in [6, 6.07) is 7.39. The van der Waals surface area contributed by atoms with Crippen molar-refractivity contribution in [2.75, 3.05) is 0 Å². The fourth-order valence-corrected chi connectivity index (χ4v) is 1.99. The maximum Gasteiger partial charge on any atom is 0.123 e. The van der Waals surface area contributed by atoms with Crippen LogP contribution in [-0.4, -0.2) is 6.04 Å². The van der Waals surface area contributed by atoms with Crippen molar-refractivity contribution in [1.29, 1.82) is 0 Å². The van der Waals surface area contributed by atoms with Crippen molar-refractivity contribution >= 4 is 0 Å². The van der Waals surface area contributed by atoms with Crippen LogP contribution in [-0.2, 0) is 6.54 Å². The normalized spacial score (nSPS) is 17.7. The summed E-state index contributed by atoms with van der Waals surface area (Å²) >= 11 is 0. The fraction of sp³-hybridized carbons (Fsp3) is 0.538. The van der Waals surface area contributed by atoms with Crippen LogP contribution in [0.2, 0.25) is 0 Å². The molecule has 1 aliphatic rings. The Labute approximate surface area is 90.7 Å². The first-order valence-corrected chi connectivity index (χ1v) is 5.77. The van der Waals surface area contributed by atoms with E-state index in [1.54, 1.807) is 0 Å². The van der Waals surface area contributed by atoms with E-state index in [4.69, 9.17) is 0 Å². The summed E-state index contributed by atoms with van der Waals surface area (Å²) < 4.78 is 12.7. The summed E-state index contributed by atoms with van der Waals surface area (Å²) in [4.78, 5) is 0. The number of benzene rings is 1. The van der Waals surface area contributed by atoms with Crippen molar-refractivity contribution in [2.24, 2.45) is 5.92 Å². The lowest BCUT2D eigenvalue weighted by molar-refractivity contribution is 0.449. The topological polar surface area (TPSA) is 12.0 Å². The lowest BCUT2D eigenvalue weighted by Gasteiger charge is -2.15. The number of hydrogen-bond acceptors (Lipinski definition) is 1. The average Bonchev–Trinajstić information content (AvgIpc) is 3.06. The molecule has 0 amide bonds. The molecule has 1 aliphatic carbocycles. The van der Waals surface area contributed by atoms with Gasteiger partial charge >= 0.3 is 0 Å². The number of halogens is 1. The highest BCUT2D eigenvalue weighted by atomic mass is 19.1. The SMILES string of the molecule is CCC(NCc1ccc(F)cc1)C1CC1. The molecule has 1 aromatic carbocycles. The lowest BCUT2D eigenvalue weighted by Crippen LogP contribution is -2.29. The molecule has 1 fully saturated rings. The van der Waals surface area contributed by atoms with Crippen LogP contribution in [0.25, 0.3) is 0 Å². The second-order valence-electron chi connectivity index (χ2n) is 4.36. The van der Waals surface area contributed by atoms with Crippen LogP contribution in [0, 0.1) is 11.7 Å². The molecule has 0 heterocycles. The summed E-state index contributed by atoms with van der Waals surface area (Å²) in [6.45, 7) is 3.08. The first kappa shape index (κ1) is 10.6. The predicted molar refractivity (Wildman–Crippen MR) is 60.0 cm³/mol. The standard InChI is InChI=1S/C13H18FN/c1-2-13(11-5-6-11)15-9-10-3-7-12(14)8-4-10/h3-4,7-8,11,13,15H,2,5-6,9H2,1H3. The summed E-state index contributed by atoms with van der Waals surface area (Å²) in [6.07, 6.45) is 3.93. The third kappa shape index (κ3) is 3.03. The maximum absolute atomic E-state index is 12.7. The predicted octanol–water partition coefficient (Wildman–Crippen LogP) is 3.10. The molecule has 82 valence electrons. The minimum Gasteiger partial charge on any atom is -0.310 e. The van der Waals surface area contributed by atoms with E-state index in [0.717, 1.165) is 18.0 Å². The van der Waals surface area contributed by atoms with Gasteiger partial charge in [0, 0.05) is 12.6 Å². The van der Waals surface area contributed by atoms with E-state index in [1.807, 2.05) is 12.1 Å². The van der Waals surface area contributed by atoms with Crippen molar-refractivity contribution < 1.29 is 4.39 Å². The molecule has 2 heteroatoms. The Morgan fingerprint density at radius 2 is 2.00 bits per heavy atom. The van der Waals surface area contributed by atoms with Crippen molar-refractivity contribution in [3.63, 3.8) is 0 Å². The van der Waals surface area contributed by atoms with Crippen LogP contribution in [0.4, 0.5) is 4.39 Å². The van der Waals surface area contributed by atoms with Gasteiger partial charge in [-0.15, -0.1) is 0 Å². The second kappa shape index (κ2) is 4.75. The molecule has 1 N–H and O–H groups in total. The molecule has 1 unspecified atom stereocenters. The smallest absolute Gasteiger partial charge is 0.123 e. The molecular formula is C13H18FN. The van der Waals surface area contributed by atoms with Gasteiger partial charge < -0.3 is 5.32 Å². The van der Waals surface area contributed by atoms with Gasteiger partial charge in [0.1, 0.15) is 5.82 Å². The fourth-order valence-electron chi connectivity index (χ4n) is 1.99. The zero-order chi connectivity index (χ0) is 10.7. The van der Waals surface area contributed by atoms with Gasteiger partial charge in [-0.25, -0.2) is 4.39 Å². The highest BCUT2D eigenvalue weighted by Gasteiger charge is 2.29. The van der Waals surface area contributed by atoms with E-state index < -0.39 is 0 Å². The van der Waals surface area contributed by atoms with Gasteiger partial charge in [0.2, 0.25) is 0 Å². The Kier molecular flexibility index (Phi) is 3.37. The van der Waals surface area contributed by atoms with E-state index >= 15 is 0 Å². The Morgan fingerprint density at radius 1 is 1.33 bits per heavy atom. The third-order valence-electron chi connectivity index (χ3n) is 3.11. The zero-order valence-corrected chi connectivity index (χ0v) is 9.17. The minimum atomic E-state index is -0.159. The van der Waals surface area contributed by atoms with E-state index in [-0.39, 0.29) is 5.82 Å². The molecule has 2 rings (SSSR count). The molecule has 1 atom stereocenters. The first-order valence-electron chi connectivity index (χ1n) is 5.77. The van der Waals surface area contributed by atoms with E-state index in [1.165, 1.54) is 31.4 Å². The van der Waals surface area contributed by atoms with Gasteiger partial charge in [-0.05, 0) is 42.9 Å². The Morgan fingerprint density at radius 3 is 2.53 bits per heavy atom. The van der Waals surface area contributed by atoms with Crippen molar-refractivity contribution in [3.05, 3.63) is 35.6 Å². The van der Waals surface area contributed by atoms with Crippen molar-refractivity contribution in [2.45, 2.75) is 38.8 Å². The van der Waals surface area contributed by atoms with Gasteiger partial charge in [-0.1, -0.05) is 19.1 Å². The largest absolute Gasteiger partial charge is 0.310 e. The van der Waals surface area contributed by atoms with E-state index in [0.29, 0.717) is 6.04 Å². The summed E-state index contributed by atoms with van der Waals surface area (Å²) in [5.41, 5.74) is 1.16.